The molecular formula is C25H24F3N3O3. The number of rotatable bonds is 6. The van der Waals surface area contributed by atoms with Gasteiger partial charge in [0.1, 0.15) is 5.75 Å². The van der Waals surface area contributed by atoms with E-state index in [1.165, 1.54) is 18.3 Å². The minimum absolute atomic E-state index is 0.245. The zero-order valence-electron chi connectivity index (χ0n) is 18.7. The lowest BCUT2D eigenvalue weighted by atomic mass is 10.0. The molecule has 34 heavy (non-hydrogen) atoms. The molecule has 0 amide bonds. The highest BCUT2D eigenvalue weighted by atomic mass is 19.4. The quantitative estimate of drug-likeness (QED) is 0.458. The minimum Gasteiger partial charge on any atom is -0.421 e. The Hall–Kier alpha value is -3.59. The Kier molecular flexibility index (Phi) is 6.47. The van der Waals surface area contributed by atoms with Gasteiger partial charge in [-0.25, -0.2) is 4.79 Å². The smallest absolute Gasteiger partial charge is 0.421 e. The molecule has 1 saturated heterocycles. The van der Waals surface area contributed by atoms with Gasteiger partial charge in [0.2, 0.25) is 0 Å². The normalized spacial score (nSPS) is 15.9. The van der Waals surface area contributed by atoms with E-state index < -0.39 is 12.3 Å². The van der Waals surface area contributed by atoms with Gasteiger partial charge in [-0.15, -0.1) is 13.2 Å². The Balaban J connectivity index is 1.47. The van der Waals surface area contributed by atoms with Crippen molar-refractivity contribution in [2.24, 2.45) is 0 Å². The average molecular weight is 471 g/mol. The molecule has 1 fully saturated rings. The fourth-order valence-electron chi connectivity index (χ4n) is 3.88. The van der Waals surface area contributed by atoms with Crippen molar-refractivity contribution in [1.82, 2.24) is 9.88 Å². The van der Waals surface area contributed by atoms with Crippen LogP contribution in [0, 0.1) is 0 Å². The van der Waals surface area contributed by atoms with Crippen molar-refractivity contribution in [2.45, 2.75) is 32.3 Å². The third kappa shape index (κ3) is 5.66. The van der Waals surface area contributed by atoms with Crippen molar-refractivity contribution in [3.05, 3.63) is 84.2 Å². The van der Waals surface area contributed by atoms with E-state index in [0.717, 1.165) is 11.3 Å². The summed E-state index contributed by atoms with van der Waals surface area (Å²) in [6.07, 6.45) is -1.55. The van der Waals surface area contributed by atoms with E-state index in [1.54, 1.807) is 42.6 Å². The number of hydrogen-bond donors (Lipinski definition) is 0. The standard InChI is InChI=1S/C25H24F3N3O3/c1-24(2)16-30(20-8-10-21(11-9-20)34-25(26,27)28)17-31(24)15-19-12-13-29-14-22(19)33-23(32)18-6-4-3-5-7-18/h3-14H,15-17H2,1-2H3. The second kappa shape index (κ2) is 9.34. The van der Waals surface area contributed by atoms with Crippen molar-refractivity contribution in [2.75, 3.05) is 18.1 Å². The van der Waals surface area contributed by atoms with Crippen LogP contribution >= 0.6 is 0 Å². The molecule has 0 spiro atoms. The third-order valence-electron chi connectivity index (χ3n) is 5.65. The number of nitrogens with zero attached hydrogens (tertiary/aromatic N) is 3. The number of carbonyl (C=O) groups excluding carboxylic acids is 1. The number of anilines is 1. The lowest BCUT2D eigenvalue weighted by Gasteiger charge is -2.29. The van der Waals surface area contributed by atoms with Gasteiger partial charge in [-0.2, -0.15) is 0 Å². The monoisotopic (exact) mass is 471 g/mol. The molecule has 1 aromatic heterocycles. The van der Waals surface area contributed by atoms with Gasteiger partial charge < -0.3 is 14.4 Å². The molecule has 2 heterocycles. The molecule has 9 heteroatoms. The van der Waals surface area contributed by atoms with Crippen molar-refractivity contribution < 1.29 is 27.4 Å². The Morgan fingerprint density at radius 2 is 1.76 bits per heavy atom. The average Bonchev–Trinajstić information content (AvgIpc) is 3.09. The van der Waals surface area contributed by atoms with Gasteiger partial charge in [0.25, 0.3) is 0 Å². The van der Waals surface area contributed by atoms with Gasteiger partial charge in [-0.1, -0.05) is 18.2 Å². The van der Waals surface area contributed by atoms with E-state index in [2.05, 4.69) is 33.4 Å². The zero-order chi connectivity index (χ0) is 24.3. The maximum Gasteiger partial charge on any atom is 0.573 e. The minimum atomic E-state index is -4.72. The fourth-order valence-corrected chi connectivity index (χ4v) is 3.88. The predicted octanol–water partition coefficient (Wildman–Crippen LogP) is 5.26. The van der Waals surface area contributed by atoms with Gasteiger partial charge in [-0.3, -0.25) is 9.88 Å². The summed E-state index contributed by atoms with van der Waals surface area (Å²) in [4.78, 5) is 20.9. The Bertz CT molecular complexity index is 1140. The Morgan fingerprint density at radius 3 is 2.44 bits per heavy atom. The summed E-state index contributed by atoms with van der Waals surface area (Å²) in [6, 6.07) is 16.4. The van der Waals surface area contributed by atoms with Gasteiger partial charge in [-0.05, 0) is 56.3 Å². The molecule has 0 saturated carbocycles. The number of aromatic nitrogens is 1. The summed E-state index contributed by atoms with van der Waals surface area (Å²) < 4.78 is 46.9. The SMILES string of the molecule is CC1(C)CN(c2ccc(OC(F)(F)F)cc2)CN1Cc1ccncc1OC(=O)c1ccccc1. The van der Waals surface area contributed by atoms with Crippen molar-refractivity contribution in [1.29, 1.82) is 0 Å². The van der Waals surface area contributed by atoms with Crippen LogP contribution in [0.5, 0.6) is 11.5 Å². The number of hydrogen-bond acceptors (Lipinski definition) is 6. The molecule has 6 nitrogen and oxygen atoms in total. The van der Waals surface area contributed by atoms with Gasteiger partial charge in [0.05, 0.1) is 18.4 Å². The number of alkyl halides is 3. The lowest BCUT2D eigenvalue weighted by molar-refractivity contribution is -0.274. The molecule has 0 N–H and O–H groups in total. The van der Waals surface area contributed by atoms with E-state index in [4.69, 9.17) is 4.74 Å². The van der Waals surface area contributed by atoms with E-state index in [0.29, 0.717) is 31.1 Å². The van der Waals surface area contributed by atoms with Crippen LogP contribution in [-0.4, -0.2) is 41.0 Å². The molecule has 1 aliphatic heterocycles. The molecule has 0 radical (unpaired) electrons. The maximum absolute atomic E-state index is 12.5. The second-order valence-electron chi connectivity index (χ2n) is 8.63. The Labute approximate surface area is 195 Å². The van der Waals surface area contributed by atoms with Gasteiger partial charge in [0.15, 0.2) is 5.75 Å². The number of halogens is 3. The van der Waals surface area contributed by atoms with Crippen LogP contribution in [0.4, 0.5) is 18.9 Å². The number of esters is 1. The third-order valence-corrected chi connectivity index (χ3v) is 5.65. The number of ether oxygens (including phenoxy) is 2. The topological polar surface area (TPSA) is 54.9 Å². The number of benzene rings is 2. The van der Waals surface area contributed by atoms with Crippen LogP contribution in [0.1, 0.15) is 29.8 Å². The van der Waals surface area contributed by atoms with Crippen LogP contribution in [-0.2, 0) is 6.54 Å². The molecule has 0 atom stereocenters. The molecule has 2 aromatic carbocycles. The first-order valence-electron chi connectivity index (χ1n) is 10.7. The summed E-state index contributed by atoms with van der Waals surface area (Å²) in [5.74, 6) is -0.328. The molecule has 3 aromatic rings. The first kappa shape index (κ1) is 23.6. The first-order valence-corrected chi connectivity index (χ1v) is 10.7. The molecule has 1 aliphatic rings. The molecule has 178 valence electrons. The van der Waals surface area contributed by atoms with E-state index in [9.17, 15) is 18.0 Å². The van der Waals surface area contributed by atoms with Crippen molar-refractivity contribution in [3.63, 3.8) is 0 Å². The fraction of sp³-hybridized carbons (Fsp3) is 0.280. The predicted molar refractivity (Wildman–Crippen MR) is 121 cm³/mol. The number of carbonyl (C=O) groups is 1. The van der Waals surface area contributed by atoms with Crippen molar-refractivity contribution in [3.8, 4) is 11.5 Å². The van der Waals surface area contributed by atoms with Crippen LogP contribution in [0.2, 0.25) is 0 Å². The number of pyridine rings is 1. The van der Waals surface area contributed by atoms with Crippen molar-refractivity contribution >= 4 is 11.7 Å². The van der Waals surface area contributed by atoms with E-state index in [1.807, 2.05) is 12.1 Å². The summed E-state index contributed by atoms with van der Waals surface area (Å²) in [7, 11) is 0. The summed E-state index contributed by atoms with van der Waals surface area (Å²) in [5, 5.41) is 0. The highest BCUT2D eigenvalue weighted by Crippen LogP contribution is 2.33. The van der Waals surface area contributed by atoms with E-state index in [-0.39, 0.29) is 11.3 Å². The van der Waals surface area contributed by atoms with Gasteiger partial charge >= 0.3 is 12.3 Å². The van der Waals surface area contributed by atoms with Crippen LogP contribution in [0.25, 0.3) is 0 Å². The summed E-state index contributed by atoms with van der Waals surface area (Å²) in [6.45, 7) is 5.88. The van der Waals surface area contributed by atoms with Crippen LogP contribution in [0.15, 0.2) is 73.1 Å². The highest BCUT2D eigenvalue weighted by Gasteiger charge is 2.37. The maximum atomic E-state index is 12.5. The Morgan fingerprint density at radius 1 is 1.06 bits per heavy atom. The first-order chi connectivity index (χ1) is 16.1. The van der Waals surface area contributed by atoms with Crippen LogP contribution < -0.4 is 14.4 Å². The molecule has 0 bridgehead atoms. The van der Waals surface area contributed by atoms with E-state index >= 15 is 0 Å². The van der Waals surface area contributed by atoms with Gasteiger partial charge in [0, 0.05) is 36.1 Å². The molecule has 0 unspecified atom stereocenters. The van der Waals surface area contributed by atoms with Crippen LogP contribution in [0.3, 0.4) is 0 Å². The summed E-state index contributed by atoms with van der Waals surface area (Å²) >= 11 is 0. The summed E-state index contributed by atoms with van der Waals surface area (Å²) in [5.41, 5.74) is 1.80. The zero-order valence-corrected chi connectivity index (χ0v) is 18.7. The largest absolute Gasteiger partial charge is 0.573 e. The molecular weight excluding hydrogens is 447 g/mol. The highest BCUT2D eigenvalue weighted by molar-refractivity contribution is 5.91. The molecule has 4 rings (SSSR count). The second-order valence-corrected chi connectivity index (χ2v) is 8.63. The molecule has 0 aliphatic carbocycles. The lowest BCUT2D eigenvalue weighted by Crippen LogP contribution is -2.39.